The van der Waals surface area contributed by atoms with Crippen LogP contribution in [0.4, 0.5) is 5.69 Å². The summed E-state index contributed by atoms with van der Waals surface area (Å²) < 4.78 is 0. The topological polar surface area (TPSA) is 45.2 Å². The van der Waals surface area contributed by atoms with Crippen molar-refractivity contribution in [2.75, 3.05) is 24.2 Å². The monoisotopic (exact) mass is 333 g/mol. The van der Waals surface area contributed by atoms with Crippen LogP contribution in [-0.4, -0.2) is 40.7 Å². The molecule has 0 radical (unpaired) electrons. The summed E-state index contributed by atoms with van der Waals surface area (Å²) in [4.78, 5) is 18.9. The minimum absolute atomic E-state index is 0.0518. The third-order valence-electron chi connectivity index (χ3n) is 5.03. The smallest absolute Gasteiger partial charge is 0.224 e. The van der Waals surface area contributed by atoms with E-state index in [1.807, 2.05) is 37.0 Å². The maximum absolute atomic E-state index is 11.7. The number of thioether (sulfide) groups is 1. The van der Waals surface area contributed by atoms with Crippen LogP contribution in [0.25, 0.3) is 0 Å². The number of nitrogens with one attached hydrogen (secondary N) is 1. The molecule has 3 rings (SSSR count). The maximum atomic E-state index is 11.7. The van der Waals surface area contributed by atoms with Crippen molar-refractivity contribution in [1.82, 2.24) is 9.88 Å². The van der Waals surface area contributed by atoms with Crippen molar-refractivity contribution in [3.8, 4) is 0 Å². The zero-order valence-corrected chi connectivity index (χ0v) is 14.8. The van der Waals surface area contributed by atoms with Crippen LogP contribution in [0.3, 0.4) is 0 Å². The average molecular weight is 334 g/mol. The third-order valence-corrected chi connectivity index (χ3v) is 6.22. The Morgan fingerprint density at radius 2 is 2.22 bits per heavy atom. The van der Waals surface area contributed by atoms with E-state index < -0.39 is 0 Å². The van der Waals surface area contributed by atoms with Crippen molar-refractivity contribution in [1.29, 1.82) is 0 Å². The van der Waals surface area contributed by atoms with Crippen LogP contribution >= 0.6 is 11.8 Å². The molecule has 3 heterocycles. The quantitative estimate of drug-likeness (QED) is 0.833. The molecule has 1 amide bonds. The van der Waals surface area contributed by atoms with Gasteiger partial charge in [-0.15, -0.1) is 11.8 Å². The van der Waals surface area contributed by atoms with E-state index in [0.717, 1.165) is 28.4 Å². The van der Waals surface area contributed by atoms with Gasteiger partial charge in [-0.05, 0) is 56.8 Å². The van der Waals surface area contributed by atoms with Gasteiger partial charge in [0.05, 0.1) is 5.69 Å². The Labute approximate surface area is 143 Å². The summed E-state index contributed by atoms with van der Waals surface area (Å²) in [6.07, 6.45) is 9.07. The standard InChI is InChI=1S/C18H27N3OS/c1-2-17(22)20-15-8-5-10-19-18(15)23-13-14-7-6-12-21-11-4-3-9-16(14)21/h5,8,10,14,16H,2-4,6-7,9,11-13H2,1H3,(H,20,22). The molecule has 2 saturated heterocycles. The first-order chi connectivity index (χ1) is 11.3. The van der Waals surface area contributed by atoms with E-state index in [1.165, 1.54) is 45.2 Å². The van der Waals surface area contributed by atoms with Gasteiger partial charge in [0.1, 0.15) is 5.03 Å². The van der Waals surface area contributed by atoms with Gasteiger partial charge in [0.25, 0.3) is 0 Å². The summed E-state index contributed by atoms with van der Waals surface area (Å²) in [5, 5.41) is 3.93. The van der Waals surface area contributed by atoms with Crippen LogP contribution in [0.15, 0.2) is 23.4 Å². The Morgan fingerprint density at radius 3 is 3.09 bits per heavy atom. The molecule has 2 aliphatic rings. The maximum Gasteiger partial charge on any atom is 0.224 e. The molecule has 0 saturated carbocycles. The molecular weight excluding hydrogens is 306 g/mol. The molecule has 4 nitrogen and oxygen atoms in total. The van der Waals surface area contributed by atoms with Crippen LogP contribution in [0.5, 0.6) is 0 Å². The molecule has 2 fully saturated rings. The molecule has 5 heteroatoms. The SMILES string of the molecule is CCC(=O)Nc1cccnc1SCC1CCCN2CCCCC12. The summed E-state index contributed by atoms with van der Waals surface area (Å²) in [6.45, 7) is 4.44. The van der Waals surface area contributed by atoms with E-state index in [-0.39, 0.29) is 5.91 Å². The number of carbonyl (C=O) groups excluding carboxylic acids is 1. The van der Waals surface area contributed by atoms with Crippen molar-refractivity contribution >= 4 is 23.4 Å². The largest absolute Gasteiger partial charge is 0.324 e. The van der Waals surface area contributed by atoms with Crippen molar-refractivity contribution < 1.29 is 4.79 Å². The summed E-state index contributed by atoms with van der Waals surface area (Å²) in [5.41, 5.74) is 0.862. The summed E-state index contributed by atoms with van der Waals surface area (Å²) in [6, 6.07) is 4.61. The van der Waals surface area contributed by atoms with Gasteiger partial charge in [0.2, 0.25) is 5.91 Å². The number of piperidine rings is 2. The predicted octanol–water partition coefficient (Wildman–Crippen LogP) is 3.79. The van der Waals surface area contributed by atoms with E-state index in [9.17, 15) is 4.79 Å². The van der Waals surface area contributed by atoms with Gasteiger partial charge in [-0.25, -0.2) is 4.98 Å². The molecule has 1 aromatic rings. The fourth-order valence-corrected chi connectivity index (χ4v) is 4.97. The number of rotatable bonds is 5. The molecule has 23 heavy (non-hydrogen) atoms. The average Bonchev–Trinajstić information content (AvgIpc) is 2.61. The lowest BCUT2D eigenvalue weighted by molar-refractivity contribution is -0.115. The summed E-state index contributed by atoms with van der Waals surface area (Å²) >= 11 is 1.81. The Morgan fingerprint density at radius 1 is 1.35 bits per heavy atom. The highest BCUT2D eigenvalue weighted by Gasteiger charge is 2.32. The lowest BCUT2D eigenvalue weighted by atomic mass is 9.85. The van der Waals surface area contributed by atoms with Crippen LogP contribution < -0.4 is 5.32 Å². The third kappa shape index (κ3) is 4.27. The normalized spacial score (nSPS) is 24.9. The first-order valence-corrected chi connectivity index (χ1v) is 9.88. The molecule has 1 N–H and O–H groups in total. The van der Waals surface area contributed by atoms with Gasteiger partial charge >= 0.3 is 0 Å². The molecule has 0 bridgehead atoms. The van der Waals surface area contributed by atoms with Gasteiger partial charge in [-0.1, -0.05) is 13.3 Å². The number of pyridine rings is 1. The molecular formula is C18H27N3OS. The highest BCUT2D eigenvalue weighted by molar-refractivity contribution is 7.99. The van der Waals surface area contributed by atoms with Gasteiger partial charge in [-0.2, -0.15) is 0 Å². The number of fused-ring (bicyclic) bond motifs is 1. The van der Waals surface area contributed by atoms with Crippen molar-refractivity contribution in [3.05, 3.63) is 18.3 Å². The van der Waals surface area contributed by atoms with E-state index in [1.54, 1.807) is 0 Å². The van der Waals surface area contributed by atoms with Crippen molar-refractivity contribution in [2.45, 2.75) is 56.5 Å². The lowest BCUT2D eigenvalue weighted by Crippen LogP contribution is -2.48. The van der Waals surface area contributed by atoms with Crippen LogP contribution in [0.1, 0.15) is 45.4 Å². The van der Waals surface area contributed by atoms with Gasteiger partial charge < -0.3 is 10.2 Å². The molecule has 2 atom stereocenters. The van der Waals surface area contributed by atoms with Crippen molar-refractivity contribution in [2.24, 2.45) is 5.92 Å². The second-order valence-corrected chi connectivity index (χ2v) is 7.58. The molecule has 0 spiro atoms. The molecule has 126 valence electrons. The van der Waals surface area contributed by atoms with E-state index >= 15 is 0 Å². The number of aromatic nitrogens is 1. The Bertz CT molecular complexity index is 535. The molecule has 1 aromatic heterocycles. The Hall–Kier alpha value is -1.07. The van der Waals surface area contributed by atoms with Gasteiger partial charge in [0.15, 0.2) is 0 Å². The fraction of sp³-hybridized carbons (Fsp3) is 0.667. The Balaban J connectivity index is 1.62. The predicted molar refractivity (Wildman–Crippen MR) is 95.8 cm³/mol. The van der Waals surface area contributed by atoms with Crippen LogP contribution in [0, 0.1) is 5.92 Å². The number of hydrogen-bond acceptors (Lipinski definition) is 4. The minimum atomic E-state index is 0.0518. The zero-order chi connectivity index (χ0) is 16.1. The summed E-state index contributed by atoms with van der Waals surface area (Å²) in [7, 11) is 0. The van der Waals surface area contributed by atoms with Crippen molar-refractivity contribution in [3.63, 3.8) is 0 Å². The Kier molecular flexibility index (Phi) is 5.95. The zero-order valence-electron chi connectivity index (χ0n) is 14.0. The van der Waals surface area contributed by atoms with E-state index in [0.29, 0.717) is 6.42 Å². The highest BCUT2D eigenvalue weighted by atomic mass is 32.2. The number of anilines is 1. The molecule has 2 unspecified atom stereocenters. The summed E-state index contributed by atoms with van der Waals surface area (Å²) in [5.74, 6) is 1.91. The second-order valence-electron chi connectivity index (χ2n) is 6.57. The first kappa shape index (κ1) is 16.8. The first-order valence-electron chi connectivity index (χ1n) is 8.89. The number of hydrogen-bond donors (Lipinski definition) is 1. The van der Waals surface area contributed by atoms with Gasteiger partial charge in [-0.3, -0.25) is 4.79 Å². The minimum Gasteiger partial charge on any atom is -0.324 e. The highest BCUT2D eigenvalue weighted by Crippen LogP contribution is 2.35. The number of nitrogens with zero attached hydrogens (tertiary/aromatic N) is 2. The number of amides is 1. The molecule has 2 aliphatic heterocycles. The second kappa shape index (κ2) is 8.15. The van der Waals surface area contributed by atoms with Crippen LogP contribution in [0.2, 0.25) is 0 Å². The molecule has 0 aromatic carbocycles. The van der Waals surface area contributed by atoms with E-state index in [2.05, 4.69) is 15.2 Å². The lowest BCUT2D eigenvalue weighted by Gasteiger charge is -2.44. The molecule has 0 aliphatic carbocycles. The number of carbonyl (C=O) groups is 1. The van der Waals surface area contributed by atoms with E-state index in [4.69, 9.17) is 0 Å². The van der Waals surface area contributed by atoms with Gasteiger partial charge in [0, 0.05) is 24.4 Å². The van der Waals surface area contributed by atoms with Crippen LogP contribution in [-0.2, 0) is 4.79 Å². The fourth-order valence-electron chi connectivity index (χ4n) is 3.80.